The lowest BCUT2D eigenvalue weighted by atomic mass is 10.1. The van der Waals surface area contributed by atoms with Gasteiger partial charge in [-0.05, 0) is 36.3 Å². The molecule has 21 heavy (non-hydrogen) atoms. The lowest BCUT2D eigenvalue weighted by Gasteiger charge is -2.08. The summed E-state index contributed by atoms with van der Waals surface area (Å²) in [5.74, 6) is 0.862. The van der Waals surface area contributed by atoms with Gasteiger partial charge < -0.3 is 5.11 Å². The van der Waals surface area contributed by atoms with E-state index in [0.717, 1.165) is 6.42 Å². The third-order valence-electron chi connectivity index (χ3n) is 3.37. The van der Waals surface area contributed by atoms with Crippen LogP contribution in [-0.2, 0) is 13.0 Å². The van der Waals surface area contributed by atoms with Crippen LogP contribution < -0.4 is 0 Å². The summed E-state index contributed by atoms with van der Waals surface area (Å²) >= 11 is 5.29. The second-order valence-electron chi connectivity index (χ2n) is 4.76. The number of nitrogens with zero attached hydrogens (tertiary/aromatic N) is 2. The van der Waals surface area contributed by atoms with Crippen molar-refractivity contribution in [3.05, 3.63) is 64.9 Å². The molecule has 0 saturated heterocycles. The molecule has 0 fully saturated rings. The molecule has 0 atom stereocenters. The molecule has 1 heterocycles. The minimum Gasteiger partial charge on any atom is -0.507 e. The number of H-pyrrole nitrogens is 1. The molecule has 3 rings (SSSR count). The van der Waals surface area contributed by atoms with Crippen molar-refractivity contribution in [3.8, 4) is 17.1 Å². The summed E-state index contributed by atoms with van der Waals surface area (Å²) in [4.78, 5) is 0. The number of phenols is 1. The van der Waals surface area contributed by atoms with Crippen molar-refractivity contribution in [3.63, 3.8) is 0 Å². The van der Waals surface area contributed by atoms with Crippen LogP contribution in [0.4, 0.5) is 0 Å². The highest BCUT2D eigenvalue weighted by Gasteiger charge is 2.12. The standard InChI is InChI=1S/C16H15N3OS/c20-14-9-5-4-8-13(14)15-17-18-16(21)19(15)11-10-12-6-2-1-3-7-12/h1-9,20H,10-11H2,(H,18,21). The van der Waals surface area contributed by atoms with E-state index in [9.17, 15) is 5.11 Å². The van der Waals surface area contributed by atoms with Gasteiger partial charge in [0.05, 0.1) is 5.56 Å². The maximum absolute atomic E-state index is 9.98. The summed E-state index contributed by atoms with van der Waals surface area (Å²) in [6.45, 7) is 0.711. The Morgan fingerprint density at radius 3 is 2.52 bits per heavy atom. The second-order valence-corrected chi connectivity index (χ2v) is 5.14. The molecule has 0 amide bonds. The summed E-state index contributed by atoms with van der Waals surface area (Å²) < 4.78 is 2.47. The van der Waals surface area contributed by atoms with E-state index in [1.165, 1.54) is 5.56 Å². The summed E-state index contributed by atoms with van der Waals surface area (Å²) in [5.41, 5.74) is 1.92. The molecule has 2 N–H and O–H groups in total. The number of nitrogens with one attached hydrogen (secondary N) is 1. The summed E-state index contributed by atoms with van der Waals surface area (Å²) in [6.07, 6.45) is 0.856. The van der Waals surface area contributed by atoms with E-state index in [-0.39, 0.29) is 5.75 Å². The lowest BCUT2D eigenvalue weighted by molar-refractivity contribution is 0.476. The van der Waals surface area contributed by atoms with Gasteiger partial charge in [-0.1, -0.05) is 42.5 Å². The first-order chi connectivity index (χ1) is 10.3. The zero-order valence-corrected chi connectivity index (χ0v) is 12.2. The van der Waals surface area contributed by atoms with E-state index in [1.807, 2.05) is 34.9 Å². The molecule has 3 aromatic rings. The third-order valence-corrected chi connectivity index (χ3v) is 3.68. The highest BCUT2D eigenvalue weighted by atomic mass is 32.1. The number of aryl methyl sites for hydroxylation is 1. The largest absolute Gasteiger partial charge is 0.507 e. The first-order valence-electron chi connectivity index (χ1n) is 6.73. The summed E-state index contributed by atoms with van der Waals surface area (Å²) in [5, 5.41) is 17.0. The van der Waals surface area contributed by atoms with Gasteiger partial charge in [0.15, 0.2) is 10.6 Å². The molecule has 0 saturated carbocycles. The zero-order chi connectivity index (χ0) is 14.7. The predicted octanol–water partition coefficient (Wildman–Crippen LogP) is 3.56. The van der Waals surface area contributed by atoms with Crippen molar-refractivity contribution in [2.45, 2.75) is 13.0 Å². The Kier molecular flexibility index (Phi) is 3.83. The molecule has 0 unspecified atom stereocenters. The molecule has 1 aromatic heterocycles. The van der Waals surface area contributed by atoms with Gasteiger partial charge in [0.25, 0.3) is 0 Å². The Morgan fingerprint density at radius 2 is 1.76 bits per heavy atom. The van der Waals surface area contributed by atoms with Gasteiger partial charge in [-0.3, -0.25) is 9.67 Å². The fourth-order valence-electron chi connectivity index (χ4n) is 2.28. The SMILES string of the molecule is Oc1ccccc1-c1n[nH]c(=S)n1CCc1ccccc1. The molecule has 0 spiro atoms. The van der Waals surface area contributed by atoms with Crippen LogP contribution in [0.3, 0.4) is 0 Å². The van der Waals surface area contributed by atoms with Crippen molar-refractivity contribution in [2.24, 2.45) is 0 Å². The number of hydrogen-bond acceptors (Lipinski definition) is 3. The van der Waals surface area contributed by atoms with E-state index in [2.05, 4.69) is 22.3 Å². The van der Waals surface area contributed by atoms with Crippen LogP contribution in [0.15, 0.2) is 54.6 Å². The van der Waals surface area contributed by atoms with Crippen LogP contribution in [0.2, 0.25) is 0 Å². The molecule has 0 aliphatic carbocycles. The number of aromatic hydroxyl groups is 1. The van der Waals surface area contributed by atoms with E-state index in [0.29, 0.717) is 22.7 Å². The Hall–Kier alpha value is -2.40. The molecular weight excluding hydrogens is 282 g/mol. The molecule has 0 radical (unpaired) electrons. The molecule has 0 bridgehead atoms. The fraction of sp³-hybridized carbons (Fsp3) is 0.125. The number of aromatic amines is 1. The maximum atomic E-state index is 9.98. The zero-order valence-electron chi connectivity index (χ0n) is 11.4. The van der Waals surface area contributed by atoms with E-state index < -0.39 is 0 Å². The Labute approximate surface area is 127 Å². The van der Waals surface area contributed by atoms with E-state index in [1.54, 1.807) is 12.1 Å². The normalized spacial score (nSPS) is 10.7. The quantitative estimate of drug-likeness (QED) is 0.724. The molecule has 4 nitrogen and oxygen atoms in total. The van der Waals surface area contributed by atoms with Crippen LogP contribution in [0.25, 0.3) is 11.4 Å². The Bertz CT molecular complexity index is 793. The molecule has 0 aliphatic rings. The van der Waals surface area contributed by atoms with Gasteiger partial charge in [-0.2, -0.15) is 5.10 Å². The topological polar surface area (TPSA) is 53.8 Å². The van der Waals surface area contributed by atoms with Crippen molar-refractivity contribution in [2.75, 3.05) is 0 Å². The van der Waals surface area contributed by atoms with E-state index in [4.69, 9.17) is 12.2 Å². The minimum absolute atomic E-state index is 0.201. The summed E-state index contributed by atoms with van der Waals surface area (Å²) in [7, 11) is 0. The molecule has 5 heteroatoms. The van der Waals surface area contributed by atoms with Crippen LogP contribution in [0, 0.1) is 4.77 Å². The number of rotatable bonds is 4. The van der Waals surface area contributed by atoms with E-state index >= 15 is 0 Å². The van der Waals surface area contributed by atoms with Gasteiger partial charge in [0.1, 0.15) is 5.75 Å². The number of hydrogen-bond donors (Lipinski definition) is 2. The third kappa shape index (κ3) is 2.87. The molecule has 2 aromatic carbocycles. The van der Waals surface area contributed by atoms with Crippen LogP contribution >= 0.6 is 12.2 Å². The van der Waals surface area contributed by atoms with Crippen molar-refractivity contribution in [1.29, 1.82) is 0 Å². The fourth-order valence-corrected chi connectivity index (χ4v) is 2.50. The van der Waals surface area contributed by atoms with Crippen LogP contribution in [-0.4, -0.2) is 19.9 Å². The number of aromatic nitrogens is 3. The van der Waals surface area contributed by atoms with Gasteiger partial charge in [0.2, 0.25) is 0 Å². The maximum Gasteiger partial charge on any atom is 0.195 e. The second kappa shape index (κ2) is 5.93. The van der Waals surface area contributed by atoms with Crippen LogP contribution in [0.1, 0.15) is 5.56 Å². The van der Waals surface area contributed by atoms with Gasteiger partial charge in [-0.15, -0.1) is 0 Å². The number of para-hydroxylation sites is 1. The van der Waals surface area contributed by atoms with Crippen LogP contribution in [0.5, 0.6) is 5.75 Å². The smallest absolute Gasteiger partial charge is 0.195 e. The lowest BCUT2D eigenvalue weighted by Crippen LogP contribution is -2.04. The van der Waals surface area contributed by atoms with Gasteiger partial charge in [-0.25, -0.2) is 0 Å². The van der Waals surface area contributed by atoms with Crippen molar-refractivity contribution in [1.82, 2.24) is 14.8 Å². The summed E-state index contributed by atoms with van der Waals surface area (Å²) in [6, 6.07) is 17.4. The first kappa shape index (κ1) is 13.6. The van der Waals surface area contributed by atoms with Crippen molar-refractivity contribution < 1.29 is 5.11 Å². The average Bonchev–Trinajstić information content (AvgIpc) is 2.88. The minimum atomic E-state index is 0.201. The number of phenolic OH excluding ortho intramolecular Hbond substituents is 1. The predicted molar refractivity (Wildman–Crippen MR) is 84.7 cm³/mol. The first-order valence-corrected chi connectivity index (χ1v) is 7.14. The molecule has 106 valence electrons. The molecular formula is C16H15N3OS. The highest BCUT2D eigenvalue weighted by molar-refractivity contribution is 7.71. The average molecular weight is 297 g/mol. The van der Waals surface area contributed by atoms with Crippen molar-refractivity contribution >= 4 is 12.2 Å². The Balaban J connectivity index is 1.91. The Morgan fingerprint density at radius 1 is 1.05 bits per heavy atom. The number of benzene rings is 2. The molecule has 0 aliphatic heterocycles. The van der Waals surface area contributed by atoms with Gasteiger partial charge in [0, 0.05) is 6.54 Å². The highest BCUT2D eigenvalue weighted by Crippen LogP contribution is 2.27. The monoisotopic (exact) mass is 297 g/mol. The van der Waals surface area contributed by atoms with Gasteiger partial charge >= 0.3 is 0 Å².